The molecule has 0 saturated heterocycles. The molecule has 0 bridgehead atoms. The maximum absolute atomic E-state index is 11.3. The van der Waals surface area contributed by atoms with Gasteiger partial charge in [-0.2, -0.15) is 0 Å². The molecule has 0 fully saturated rings. The van der Waals surface area contributed by atoms with Crippen LogP contribution in [0.15, 0.2) is 78.9 Å². The fourth-order valence-corrected chi connectivity index (χ4v) is 3.10. The molecule has 3 heteroatoms. The van der Waals surface area contributed by atoms with Crippen molar-refractivity contribution in [3.8, 4) is 11.5 Å². The predicted molar refractivity (Wildman–Crippen MR) is 112 cm³/mol. The molecule has 1 unspecified atom stereocenters. The number of hydrogen-bond acceptors (Lipinski definition) is 3. The fraction of sp³-hybridized carbons (Fsp3) is 0.240. The van der Waals surface area contributed by atoms with Crippen LogP contribution in [0.2, 0.25) is 0 Å². The molecule has 3 aromatic rings. The lowest BCUT2D eigenvalue weighted by molar-refractivity contribution is 0.112. The van der Waals surface area contributed by atoms with Crippen LogP contribution in [0.1, 0.15) is 41.4 Å². The van der Waals surface area contributed by atoms with E-state index in [1.54, 1.807) is 12.1 Å². The summed E-state index contributed by atoms with van der Waals surface area (Å²) < 4.78 is 12.4. The maximum atomic E-state index is 11.3. The Morgan fingerprint density at radius 3 is 2.18 bits per heavy atom. The highest BCUT2D eigenvalue weighted by atomic mass is 16.5. The summed E-state index contributed by atoms with van der Waals surface area (Å²) in [6.07, 6.45) is 1.51. The third-order valence-corrected chi connectivity index (χ3v) is 4.58. The van der Waals surface area contributed by atoms with Crippen LogP contribution in [-0.4, -0.2) is 12.9 Å². The van der Waals surface area contributed by atoms with E-state index in [1.807, 2.05) is 42.5 Å². The van der Waals surface area contributed by atoms with Gasteiger partial charge >= 0.3 is 0 Å². The van der Waals surface area contributed by atoms with E-state index in [1.165, 1.54) is 5.56 Å². The van der Waals surface area contributed by atoms with E-state index in [0.717, 1.165) is 18.3 Å². The van der Waals surface area contributed by atoms with Gasteiger partial charge in [0.05, 0.1) is 6.61 Å². The van der Waals surface area contributed by atoms with Crippen molar-refractivity contribution >= 4 is 6.29 Å². The molecule has 0 saturated carbocycles. The number of carbonyl (C=O) groups excluding carboxylic acids is 1. The van der Waals surface area contributed by atoms with Gasteiger partial charge in [-0.15, -0.1) is 0 Å². The second-order valence-corrected chi connectivity index (χ2v) is 7.10. The molecule has 0 aliphatic rings. The minimum absolute atomic E-state index is 0.125. The number of benzene rings is 3. The molecule has 0 spiro atoms. The molecule has 1 atom stereocenters. The van der Waals surface area contributed by atoms with Crippen LogP contribution in [0, 0.1) is 5.92 Å². The van der Waals surface area contributed by atoms with Gasteiger partial charge in [-0.3, -0.25) is 4.79 Å². The Hall–Kier alpha value is -3.07. The second-order valence-electron chi connectivity index (χ2n) is 7.10. The Labute approximate surface area is 166 Å². The summed E-state index contributed by atoms with van der Waals surface area (Å²) in [6.45, 7) is 4.78. The quantitative estimate of drug-likeness (QED) is 0.438. The zero-order chi connectivity index (χ0) is 19.8. The van der Waals surface area contributed by atoms with Gasteiger partial charge in [0, 0.05) is 12.0 Å². The number of carbonyl (C=O) groups is 1. The normalized spacial score (nSPS) is 11.8. The third-order valence-electron chi connectivity index (χ3n) is 4.58. The van der Waals surface area contributed by atoms with Crippen molar-refractivity contribution in [2.24, 2.45) is 5.92 Å². The number of rotatable bonds is 9. The predicted octanol–water partition coefficient (Wildman–Crippen LogP) is 5.90. The van der Waals surface area contributed by atoms with Gasteiger partial charge in [-0.1, -0.05) is 74.5 Å². The molecular formula is C25H26O3. The molecule has 3 rings (SSSR count). The van der Waals surface area contributed by atoms with Gasteiger partial charge in [-0.05, 0) is 35.2 Å². The van der Waals surface area contributed by atoms with Crippen LogP contribution in [0.4, 0.5) is 0 Å². The first-order chi connectivity index (χ1) is 13.7. The Morgan fingerprint density at radius 1 is 0.857 bits per heavy atom. The molecule has 0 heterocycles. The van der Waals surface area contributed by atoms with E-state index < -0.39 is 0 Å². The second kappa shape index (κ2) is 9.75. The largest absolute Gasteiger partial charge is 0.489 e. The molecule has 0 aromatic heterocycles. The molecule has 144 valence electrons. The summed E-state index contributed by atoms with van der Waals surface area (Å²) in [5.74, 6) is 1.52. The Bertz CT molecular complexity index is 873. The van der Waals surface area contributed by atoms with Crippen LogP contribution >= 0.6 is 0 Å². The molecule has 3 aromatic carbocycles. The maximum Gasteiger partial charge on any atom is 0.162 e. The van der Waals surface area contributed by atoms with Gasteiger partial charge in [0.15, 0.2) is 11.5 Å². The van der Waals surface area contributed by atoms with Crippen LogP contribution in [-0.2, 0) is 6.42 Å². The Kier molecular flexibility index (Phi) is 6.85. The van der Waals surface area contributed by atoms with E-state index >= 15 is 0 Å². The first-order valence-electron chi connectivity index (χ1n) is 9.65. The van der Waals surface area contributed by atoms with Crippen LogP contribution in [0.3, 0.4) is 0 Å². The summed E-state index contributed by atoms with van der Waals surface area (Å²) in [4.78, 5) is 11.3. The average Bonchev–Trinajstić information content (AvgIpc) is 2.74. The molecule has 0 amide bonds. The Balaban J connectivity index is 1.78. The van der Waals surface area contributed by atoms with Crippen molar-refractivity contribution in [2.75, 3.05) is 6.61 Å². The van der Waals surface area contributed by atoms with Crippen LogP contribution < -0.4 is 9.47 Å². The number of ether oxygens (including phenoxy) is 2. The van der Waals surface area contributed by atoms with Crippen molar-refractivity contribution in [3.63, 3.8) is 0 Å². The van der Waals surface area contributed by atoms with Crippen LogP contribution in [0.5, 0.6) is 11.5 Å². The standard InChI is InChI=1S/C25H26O3/c1-19(2)25(22-11-7-4-8-12-22)28-24-17-21(18-26)13-14-23(24)27-16-15-20-9-5-3-6-10-20/h3-14,17-19,25H,15-16H2,1-2H3. The van der Waals surface area contributed by atoms with E-state index in [2.05, 4.69) is 38.1 Å². The van der Waals surface area contributed by atoms with Gasteiger partial charge in [0.25, 0.3) is 0 Å². The molecule has 0 radical (unpaired) electrons. The average molecular weight is 374 g/mol. The molecule has 3 nitrogen and oxygen atoms in total. The highest BCUT2D eigenvalue weighted by molar-refractivity contribution is 5.76. The zero-order valence-corrected chi connectivity index (χ0v) is 16.4. The minimum Gasteiger partial charge on any atom is -0.489 e. The monoisotopic (exact) mass is 374 g/mol. The van der Waals surface area contributed by atoms with Gasteiger partial charge in [0.1, 0.15) is 12.4 Å². The lowest BCUT2D eigenvalue weighted by Gasteiger charge is -2.24. The fourth-order valence-electron chi connectivity index (χ4n) is 3.10. The van der Waals surface area contributed by atoms with Crippen molar-refractivity contribution in [2.45, 2.75) is 26.4 Å². The summed E-state index contributed by atoms with van der Waals surface area (Å²) in [6, 6.07) is 25.7. The molecule has 0 N–H and O–H groups in total. The van der Waals surface area contributed by atoms with Crippen molar-refractivity contribution in [3.05, 3.63) is 95.6 Å². The van der Waals surface area contributed by atoms with E-state index in [0.29, 0.717) is 23.7 Å². The first-order valence-corrected chi connectivity index (χ1v) is 9.65. The number of hydrogen-bond donors (Lipinski definition) is 0. The smallest absolute Gasteiger partial charge is 0.162 e. The highest BCUT2D eigenvalue weighted by Gasteiger charge is 2.20. The summed E-state index contributed by atoms with van der Waals surface area (Å²) >= 11 is 0. The number of aldehydes is 1. The van der Waals surface area contributed by atoms with E-state index in [9.17, 15) is 4.79 Å². The third kappa shape index (κ3) is 5.23. The first kappa shape index (κ1) is 19.7. The van der Waals surface area contributed by atoms with Crippen molar-refractivity contribution in [1.82, 2.24) is 0 Å². The summed E-state index contributed by atoms with van der Waals surface area (Å²) in [7, 11) is 0. The van der Waals surface area contributed by atoms with Crippen LogP contribution in [0.25, 0.3) is 0 Å². The SMILES string of the molecule is CC(C)C(Oc1cc(C=O)ccc1OCCc1ccccc1)c1ccccc1. The highest BCUT2D eigenvalue weighted by Crippen LogP contribution is 2.35. The molecule has 0 aliphatic heterocycles. The van der Waals surface area contributed by atoms with E-state index in [-0.39, 0.29) is 12.0 Å². The van der Waals surface area contributed by atoms with Gasteiger partial charge in [-0.25, -0.2) is 0 Å². The summed E-state index contributed by atoms with van der Waals surface area (Å²) in [5.41, 5.74) is 2.89. The topological polar surface area (TPSA) is 35.5 Å². The van der Waals surface area contributed by atoms with Crippen molar-refractivity contribution in [1.29, 1.82) is 0 Å². The lowest BCUT2D eigenvalue weighted by atomic mass is 9.99. The van der Waals surface area contributed by atoms with E-state index in [4.69, 9.17) is 9.47 Å². The molecule has 28 heavy (non-hydrogen) atoms. The molecule has 0 aliphatic carbocycles. The van der Waals surface area contributed by atoms with Gasteiger partial charge in [0.2, 0.25) is 0 Å². The summed E-state index contributed by atoms with van der Waals surface area (Å²) in [5, 5.41) is 0. The lowest BCUT2D eigenvalue weighted by Crippen LogP contribution is -2.15. The van der Waals surface area contributed by atoms with Crippen molar-refractivity contribution < 1.29 is 14.3 Å². The zero-order valence-electron chi connectivity index (χ0n) is 16.4. The molecular weight excluding hydrogens is 348 g/mol. The minimum atomic E-state index is -0.125. The Morgan fingerprint density at radius 2 is 1.54 bits per heavy atom. The van der Waals surface area contributed by atoms with Gasteiger partial charge < -0.3 is 9.47 Å².